The zero-order valence-electron chi connectivity index (χ0n) is 14.8. The number of ether oxygens (including phenoxy) is 2. The normalized spacial score (nSPS) is 11.4. The van der Waals surface area contributed by atoms with Gasteiger partial charge in [-0.05, 0) is 20.8 Å². The van der Waals surface area contributed by atoms with Gasteiger partial charge in [-0.25, -0.2) is 18.0 Å². The van der Waals surface area contributed by atoms with Gasteiger partial charge in [-0.2, -0.15) is 0 Å². The van der Waals surface area contributed by atoms with Crippen molar-refractivity contribution in [3.05, 3.63) is 24.8 Å². The SMILES string of the molecule is C=CCOC(=O)C=CC(=O)OCC[N+](CC)(CC)CC.O=S(=O)([O-])O. The number of hydrogen-bond acceptors (Lipinski definition) is 7. The molecule has 0 spiro atoms. The van der Waals surface area contributed by atoms with Crippen LogP contribution in [0.1, 0.15) is 20.8 Å². The lowest BCUT2D eigenvalue weighted by atomic mass is 10.3. The molecule has 0 aliphatic heterocycles. The molecule has 9 nitrogen and oxygen atoms in total. The molecule has 0 heterocycles. The van der Waals surface area contributed by atoms with Crippen molar-refractivity contribution in [1.82, 2.24) is 0 Å². The summed E-state index contributed by atoms with van der Waals surface area (Å²) < 4.78 is 43.5. The Morgan fingerprint density at radius 3 is 1.84 bits per heavy atom. The van der Waals surface area contributed by atoms with Gasteiger partial charge in [0.1, 0.15) is 19.8 Å². The Morgan fingerprint density at radius 2 is 1.48 bits per heavy atom. The quantitative estimate of drug-likeness (QED) is 0.146. The molecule has 0 saturated carbocycles. The first-order chi connectivity index (χ1) is 11.5. The van der Waals surface area contributed by atoms with Crippen LogP contribution in [-0.4, -0.2) is 73.3 Å². The van der Waals surface area contributed by atoms with Crippen molar-refractivity contribution in [2.24, 2.45) is 0 Å². The fourth-order valence-corrected chi connectivity index (χ4v) is 1.86. The smallest absolute Gasteiger partial charge is 0.331 e. The van der Waals surface area contributed by atoms with Crippen LogP contribution in [0.15, 0.2) is 24.8 Å². The maximum atomic E-state index is 11.4. The van der Waals surface area contributed by atoms with Crippen molar-refractivity contribution in [2.45, 2.75) is 20.8 Å². The van der Waals surface area contributed by atoms with Gasteiger partial charge < -0.3 is 18.5 Å². The van der Waals surface area contributed by atoms with E-state index in [1.807, 2.05) is 0 Å². The van der Waals surface area contributed by atoms with Crippen LogP contribution in [0.5, 0.6) is 0 Å². The maximum Gasteiger partial charge on any atom is 0.331 e. The van der Waals surface area contributed by atoms with E-state index in [1.165, 1.54) is 6.08 Å². The van der Waals surface area contributed by atoms with Crippen molar-refractivity contribution in [3.8, 4) is 0 Å². The van der Waals surface area contributed by atoms with Gasteiger partial charge >= 0.3 is 11.9 Å². The molecule has 25 heavy (non-hydrogen) atoms. The van der Waals surface area contributed by atoms with Gasteiger partial charge in [0.15, 0.2) is 0 Å². The van der Waals surface area contributed by atoms with E-state index < -0.39 is 22.3 Å². The maximum absolute atomic E-state index is 11.4. The highest BCUT2D eigenvalue weighted by Crippen LogP contribution is 2.05. The Labute approximate surface area is 149 Å². The lowest BCUT2D eigenvalue weighted by Gasteiger charge is -2.35. The largest absolute Gasteiger partial charge is 0.726 e. The van der Waals surface area contributed by atoms with Gasteiger partial charge in [0.25, 0.3) is 0 Å². The van der Waals surface area contributed by atoms with E-state index in [0.717, 1.165) is 42.8 Å². The summed E-state index contributed by atoms with van der Waals surface area (Å²) >= 11 is 0. The second-order valence-electron chi connectivity index (χ2n) is 4.86. The summed E-state index contributed by atoms with van der Waals surface area (Å²) in [5.74, 6) is -1.11. The Bertz CT molecular complexity index is 521. The molecule has 0 bridgehead atoms. The first kappa shape index (κ1) is 25.5. The van der Waals surface area contributed by atoms with E-state index in [1.54, 1.807) is 0 Å². The molecule has 0 aliphatic rings. The molecule has 0 aromatic heterocycles. The number of quaternary nitrogens is 1. The minimum atomic E-state index is -4.92. The summed E-state index contributed by atoms with van der Waals surface area (Å²) in [6, 6.07) is 0. The van der Waals surface area contributed by atoms with Crippen LogP contribution in [-0.2, 0) is 29.5 Å². The minimum Gasteiger partial charge on any atom is -0.726 e. The summed E-state index contributed by atoms with van der Waals surface area (Å²) in [5, 5.41) is 0. The van der Waals surface area contributed by atoms with Crippen molar-refractivity contribution in [1.29, 1.82) is 0 Å². The highest BCUT2D eigenvalue weighted by atomic mass is 32.3. The fraction of sp³-hybridized carbons (Fsp3) is 0.600. The highest BCUT2D eigenvalue weighted by molar-refractivity contribution is 7.79. The Hall–Kier alpha value is -1.75. The first-order valence-corrected chi connectivity index (χ1v) is 9.05. The van der Waals surface area contributed by atoms with Gasteiger partial charge in [-0.1, -0.05) is 12.7 Å². The molecule has 1 N–H and O–H groups in total. The van der Waals surface area contributed by atoms with Crippen LogP contribution in [0, 0.1) is 0 Å². The van der Waals surface area contributed by atoms with Gasteiger partial charge in [-0.15, -0.1) is 0 Å². The molecule has 10 heteroatoms. The summed E-state index contributed by atoms with van der Waals surface area (Å²) in [6.07, 6.45) is 3.61. The Morgan fingerprint density at radius 1 is 1.08 bits per heavy atom. The van der Waals surface area contributed by atoms with E-state index >= 15 is 0 Å². The number of carbonyl (C=O) groups is 2. The molecular weight excluding hydrogens is 354 g/mol. The number of nitrogens with zero attached hydrogens (tertiary/aromatic N) is 1. The van der Waals surface area contributed by atoms with Crippen LogP contribution >= 0.6 is 0 Å². The zero-order valence-corrected chi connectivity index (χ0v) is 15.7. The van der Waals surface area contributed by atoms with Gasteiger partial charge in [0.2, 0.25) is 10.4 Å². The predicted octanol–water partition coefficient (Wildman–Crippen LogP) is 0.696. The molecular formula is C15H27NO8S. The topological polar surface area (TPSA) is 130 Å². The van der Waals surface area contributed by atoms with Crippen molar-refractivity contribution in [2.75, 3.05) is 39.4 Å². The Balaban J connectivity index is 0. The second-order valence-corrected chi connectivity index (χ2v) is 5.72. The number of carbonyl (C=O) groups excluding carboxylic acids is 2. The average molecular weight is 381 g/mol. The molecule has 0 radical (unpaired) electrons. The summed E-state index contributed by atoms with van der Waals surface area (Å²) in [5.41, 5.74) is 0. The zero-order chi connectivity index (χ0) is 19.9. The van der Waals surface area contributed by atoms with Crippen molar-refractivity contribution in [3.63, 3.8) is 0 Å². The Kier molecular flexibility index (Phi) is 13.8. The molecule has 0 rings (SSSR count). The fourth-order valence-electron chi connectivity index (χ4n) is 1.86. The van der Waals surface area contributed by atoms with E-state index in [4.69, 9.17) is 27.0 Å². The predicted molar refractivity (Wildman–Crippen MR) is 90.3 cm³/mol. The summed E-state index contributed by atoms with van der Waals surface area (Å²) in [6.45, 7) is 14.1. The van der Waals surface area contributed by atoms with Crippen LogP contribution in [0.2, 0.25) is 0 Å². The van der Waals surface area contributed by atoms with Crippen LogP contribution in [0.3, 0.4) is 0 Å². The molecule has 0 amide bonds. The highest BCUT2D eigenvalue weighted by Gasteiger charge is 2.20. The summed E-state index contributed by atoms with van der Waals surface area (Å²) in [7, 11) is -4.92. The van der Waals surface area contributed by atoms with E-state index in [9.17, 15) is 9.59 Å². The van der Waals surface area contributed by atoms with E-state index in [-0.39, 0.29) is 6.61 Å². The van der Waals surface area contributed by atoms with Gasteiger partial charge in [0, 0.05) is 12.2 Å². The third-order valence-electron chi connectivity index (χ3n) is 3.52. The summed E-state index contributed by atoms with van der Waals surface area (Å²) in [4.78, 5) is 22.5. The molecule has 0 aliphatic carbocycles. The second kappa shape index (κ2) is 13.5. The molecule has 0 aromatic carbocycles. The number of likely N-dealkylation sites (N-methyl/N-ethyl adjacent to an activating group) is 1. The van der Waals surface area contributed by atoms with Crippen molar-refractivity contribution >= 4 is 22.3 Å². The van der Waals surface area contributed by atoms with Crippen LogP contribution in [0.4, 0.5) is 0 Å². The van der Waals surface area contributed by atoms with Crippen LogP contribution < -0.4 is 0 Å². The molecule has 0 fully saturated rings. The first-order valence-electron chi connectivity index (χ1n) is 7.69. The van der Waals surface area contributed by atoms with E-state index in [0.29, 0.717) is 6.61 Å². The number of hydrogen-bond donors (Lipinski definition) is 1. The molecule has 0 aromatic rings. The standard InChI is InChI=1S/C15H26NO4.H2O4S/c1-5-12-19-14(17)9-10-15(18)20-13-11-16(6-2,7-3)8-4;1-5(2,3)4/h5,9-10H,1,6-8,11-13H2,2-4H3;(H2,1,2,3,4)/q+1;/p-1. The molecule has 0 saturated heterocycles. The molecule has 146 valence electrons. The van der Waals surface area contributed by atoms with Gasteiger partial charge in [0.05, 0.1) is 19.6 Å². The average Bonchev–Trinajstić information content (AvgIpc) is 2.54. The third-order valence-corrected chi connectivity index (χ3v) is 3.52. The third kappa shape index (κ3) is 16.9. The lowest BCUT2D eigenvalue weighted by Crippen LogP contribution is -2.49. The number of esters is 2. The monoisotopic (exact) mass is 381 g/mol. The minimum absolute atomic E-state index is 0.127. The van der Waals surface area contributed by atoms with Crippen molar-refractivity contribution < 1.29 is 41.1 Å². The van der Waals surface area contributed by atoms with Gasteiger partial charge in [-0.3, -0.25) is 4.55 Å². The van der Waals surface area contributed by atoms with Crippen LogP contribution in [0.25, 0.3) is 0 Å². The number of rotatable bonds is 10. The van der Waals surface area contributed by atoms with E-state index in [2.05, 4.69) is 27.4 Å². The molecule has 0 unspecified atom stereocenters. The lowest BCUT2D eigenvalue weighted by molar-refractivity contribution is -0.923. The molecule has 0 atom stereocenters.